The fourth-order valence-corrected chi connectivity index (χ4v) is 2.78. The molecule has 1 N–H and O–H groups in total. The van der Waals surface area contributed by atoms with E-state index < -0.39 is 0 Å². The van der Waals surface area contributed by atoms with Gasteiger partial charge in [-0.1, -0.05) is 13.0 Å². The zero-order chi connectivity index (χ0) is 13.9. The van der Waals surface area contributed by atoms with Crippen molar-refractivity contribution in [1.82, 2.24) is 19.9 Å². The Morgan fingerprint density at radius 2 is 2.20 bits per heavy atom. The van der Waals surface area contributed by atoms with E-state index in [1.807, 2.05) is 24.7 Å². The molecule has 3 rings (SSSR count). The molecule has 0 aromatic carbocycles. The van der Waals surface area contributed by atoms with Crippen molar-refractivity contribution in [3.8, 4) is 0 Å². The molecule has 5 nitrogen and oxygen atoms in total. The minimum atomic E-state index is 0.311. The molecule has 0 amide bonds. The van der Waals surface area contributed by atoms with Gasteiger partial charge in [0.05, 0.1) is 6.54 Å². The molecule has 5 heteroatoms. The number of nitrogens with zero attached hydrogens (tertiary/aromatic N) is 4. The van der Waals surface area contributed by atoms with Crippen molar-refractivity contribution in [1.29, 1.82) is 0 Å². The maximum atomic E-state index is 4.61. The zero-order valence-corrected chi connectivity index (χ0v) is 12.1. The van der Waals surface area contributed by atoms with Crippen LogP contribution >= 0.6 is 0 Å². The predicted octanol–water partition coefficient (Wildman–Crippen LogP) is 1.97. The Morgan fingerprint density at radius 3 is 3.05 bits per heavy atom. The van der Waals surface area contributed by atoms with E-state index in [9.17, 15) is 0 Å². The van der Waals surface area contributed by atoms with Crippen LogP contribution in [0.4, 0.5) is 5.82 Å². The Bertz CT molecular complexity index is 577. The van der Waals surface area contributed by atoms with Crippen molar-refractivity contribution in [2.24, 2.45) is 0 Å². The SMILES string of the molecule is CCNC(C)c1cccnc1N1CCn2ccnc2C1. The van der Waals surface area contributed by atoms with Crippen molar-refractivity contribution >= 4 is 5.82 Å². The Balaban J connectivity index is 1.88. The Kier molecular flexibility index (Phi) is 3.69. The lowest BCUT2D eigenvalue weighted by atomic mass is 10.1. The van der Waals surface area contributed by atoms with E-state index in [1.165, 1.54) is 5.56 Å². The van der Waals surface area contributed by atoms with Crippen LogP contribution in [0, 0.1) is 0 Å². The van der Waals surface area contributed by atoms with E-state index in [-0.39, 0.29) is 0 Å². The number of nitrogens with one attached hydrogen (secondary N) is 1. The lowest BCUT2D eigenvalue weighted by Crippen LogP contribution is -2.35. The molecule has 2 aromatic heterocycles. The molecule has 3 heterocycles. The van der Waals surface area contributed by atoms with Crippen LogP contribution < -0.4 is 10.2 Å². The minimum Gasteiger partial charge on any atom is -0.347 e. The Morgan fingerprint density at radius 1 is 1.30 bits per heavy atom. The number of pyridine rings is 1. The van der Waals surface area contributed by atoms with E-state index in [0.29, 0.717) is 6.04 Å². The van der Waals surface area contributed by atoms with Gasteiger partial charge in [0.2, 0.25) is 0 Å². The largest absolute Gasteiger partial charge is 0.347 e. The van der Waals surface area contributed by atoms with Crippen LogP contribution in [0.2, 0.25) is 0 Å². The van der Waals surface area contributed by atoms with E-state index in [4.69, 9.17) is 0 Å². The molecule has 0 saturated heterocycles. The molecule has 1 atom stereocenters. The molecule has 0 bridgehead atoms. The summed E-state index contributed by atoms with van der Waals surface area (Å²) >= 11 is 0. The van der Waals surface area contributed by atoms with Gasteiger partial charge < -0.3 is 14.8 Å². The molecule has 0 radical (unpaired) electrons. The fourth-order valence-electron chi connectivity index (χ4n) is 2.78. The number of anilines is 1. The zero-order valence-electron chi connectivity index (χ0n) is 12.1. The third-order valence-corrected chi connectivity index (χ3v) is 3.84. The lowest BCUT2D eigenvalue weighted by Gasteiger charge is -2.31. The first kappa shape index (κ1) is 13.1. The molecule has 1 unspecified atom stereocenters. The van der Waals surface area contributed by atoms with Gasteiger partial charge in [0.25, 0.3) is 0 Å². The van der Waals surface area contributed by atoms with E-state index in [0.717, 1.165) is 37.8 Å². The second kappa shape index (κ2) is 5.63. The third kappa shape index (κ3) is 2.41. The molecule has 0 saturated carbocycles. The van der Waals surface area contributed by atoms with Crippen LogP contribution in [0.15, 0.2) is 30.7 Å². The van der Waals surface area contributed by atoms with Crippen molar-refractivity contribution < 1.29 is 0 Å². The van der Waals surface area contributed by atoms with Gasteiger partial charge in [-0.15, -0.1) is 0 Å². The third-order valence-electron chi connectivity index (χ3n) is 3.84. The summed E-state index contributed by atoms with van der Waals surface area (Å²) in [6.45, 7) is 8.06. The van der Waals surface area contributed by atoms with Crippen LogP contribution in [-0.2, 0) is 13.1 Å². The smallest absolute Gasteiger partial charge is 0.133 e. The van der Waals surface area contributed by atoms with Gasteiger partial charge >= 0.3 is 0 Å². The first-order valence-electron chi connectivity index (χ1n) is 7.23. The fraction of sp³-hybridized carbons (Fsp3) is 0.467. The van der Waals surface area contributed by atoms with Gasteiger partial charge in [0.1, 0.15) is 11.6 Å². The van der Waals surface area contributed by atoms with Crippen LogP contribution in [-0.4, -0.2) is 27.6 Å². The molecule has 1 aliphatic rings. The first-order chi connectivity index (χ1) is 9.79. The molecule has 20 heavy (non-hydrogen) atoms. The van der Waals surface area contributed by atoms with E-state index in [1.54, 1.807) is 0 Å². The molecule has 1 aliphatic heterocycles. The number of hydrogen-bond donors (Lipinski definition) is 1. The molecule has 106 valence electrons. The summed E-state index contributed by atoms with van der Waals surface area (Å²) in [5.41, 5.74) is 1.26. The van der Waals surface area contributed by atoms with Crippen LogP contribution in [0.3, 0.4) is 0 Å². The topological polar surface area (TPSA) is 46.0 Å². The molecular formula is C15H21N5. The summed E-state index contributed by atoms with van der Waals surface area (Å²) in [5.74, 6) is 2.19. The van der Waals surface area contributed by atoms with Gasteiger partial charge in [0.15, 0.2) is 0 Å². The number of aromatic nitrogens is 3. The summed E-state index contributed by atoms with van der Waals surface area (Å²) in [4.78, 5) is 11.4. The molecule has 0 fully saturated rings. The second-order valence-electron chi connectivity index (χ2n) is 5.15. The monoisotopic (exact) mass is 271 g/mol. The van der Waals surface area contributed by atoms with Crippen LogP contribution in [0.5, 0.6) is 0 Å². The van der Waals surface area contributed by atoms with Crippen molar-refractivity contribution in [2.45, 2.75) is 33.0 Å². The molecule has 0 spiro atoms. The summed E-state index contributed by atoms with van der Waals surface area (Å²) in [5, 5.41) is 3.47. The molecule has 0 aliphatic carbocycles. The summed E-state index contributed by atoms with van der Waals surface area (Å²) in [7, 11) is 0. The van der Waals surface area contributed by atoms with Gasteiger partial charge in [-0.05, 0) is 19.5 Å². The van der Waals surface area contributed by atoms with Crippen molar-refractivity contribution in [3.63, 3.8) is 0 Å². The Hall–Kier alpha value is -1.88. The quantitative estimate of drug-likeness (QED) is 0.923. The number of imidazole rings is 1. The molecule has 2 aromatic rings. The maximum Gasteiger partial charge on any atom is 0.133 e. The highest BCUT2D eigenvalue weighted by atomic mass is 15.3. The Labute approximate surface area is 119 Å². The predicted molar refractivity (Wildman–Crippen MR) is 79.6 cm³/mol. The average Bonchev–Trinajstić information content (AvgIpc) is 2.95. The van der Waals surface area contributed by atoms with Crippen molar-refractivity contribution in [3.05, 3.63) is 42.1 Å². The van der Waals surface area contributed by atoms with Gasteiger partial charge in [0, 0.05) is 43.3 Å². The van der Waals surface area contributed by atoms with Gasteiger partial charge in [-0.2, -0.15) is 0 Å². The highest BCUT2D eigenvalue weighted by Crippen LogP contribution is 2.26. The number of rotatable bonds is 4. The second-order valence-corrected chi connectivity index (χ2v) is 5.15. The maximum absolute atomic E-state index is 4.61. The standard InChI is InChI=1S/C15H21N5/c1-3-16-12(2)13-5-4-6-18-15(13)20-10-9-19-8-7-17-14(19)11-20/h4-8,12,16H,3,9-11H2,1-2H3. The van der Waals surface area contributed by atoms with Gasteiger partial charge in [-0.3, -0.25) is 0 Å². The summed E-state index contributed by atoms with van der Waals surface area (Å²) in [6, 6.07) is 4.49. The van der Waals surface area contributed by atoms with Crippen molar-refractivity contribution in [2.75, 3.05) is 18.0 Å². The average molecular weight is 271 g/mol. The summed E-state index contributed by atoms with van der Waals surface area (Å²) < 4.78 is 2.22. The number of fused-ring (bicyclic) bond motifs is 1. The number of hydrogen-bond acceptors (Lipinski definition) is 4. The van der Waals surface area contributed by atoms with E-state index in [2.05, 4.69) is 44.7 Å². The summed E-state index contributed by atoms with van der Waals surface area (Å²) in [6.07, 6.45) is 5.80. The normalized spacial score (nSPS) is 16.0. The molecular weight excluding hydrogens is 250 g/mol. The first-order valence-corrected chi connectivity index (χ1v) is 7.23. The van der Waals surface area contributed by atoms with Crippen LogP contribution in [0.25, 0.3) is 0 Å². The highest BCUT2D eigenvalue weighted by Gasteiger charge is 2.21. The van der Waals surface area contributed by atoms with Gasteiger partial charge in [-0.25, -0.2) is 9.97 Å². The lowest BCUT2D eigenvalue weighted by molar-refractivity contribution is 0.545. The van der Waals surface area contributed by atoms with E-state index >= 15 is 0 Å². The van der Waals surface area contributed by atoms with Crippen LogP contribution in [0.1, 0.15) is 31.3 Å². The highest BCUT2D eigenvalue weighted by molar-refractivity contribution is 5.48. The minimum absolute atomic E-state index is 0.311.